The van der Waals surface area contributed by atoms with Gasteiger partial charge in [0.1, 0.15) is 5.82 Å². The van der Waals surface area contributed by atoms with Crippen molar-refractivity contribution in [2.24, 2.45) is 5.92 Å². The predicted octanol–water partition coefficient (Wildman–Crippen LogP) is 4.85. The second-order valence-corrected chi connectivity index (χ2v) is 10.7. The maximum Gasteiger partial charge on any atom is 0.306 e. The molecule has 0 radical (unpaired) electrons. The van der Waals surface area contributed by atoms with E-state index in [2.05, 4.69) is 28.4 Å². The van der Waals surface area contributed by atoms with Crippen LogP contribution in [0, 0.1) is 5.92 Å². The van der Waals surface area contributed by atoms with Gasteiger partial charge in [-0.1, -0.05) is 66.7 Å². The SMILES string of the molecule is O=C(O)C1CCN(c2nc(N[C@H]3CCN(C(=O)Cc4ccccc4-c4ccccc4)C3)nc3ccccc23)CC1. The van der Waals surface area contributed by atoms with Crippen LogP contribution in [-0.2, 0) is 16.0 Å². The summed E-state index contributed by atoms with van der Waals surface area (Å²) in [6, 6.07) is 26.3. The van der Waals surface area contributed by atoms with E-state index in [9.17, 15) is 14.7 Å². The van der Waals surface area contributed by atoms with Crippen molar-refractivity contribution >= 4 is 34.5 Å². The Kier molecular flexibility index (Phi) is 7.31. The topological polar surface area (TPSA) is 98.7 Å². The maximum atomic E-state index is 13.3. The first-order valence-corrected chi connectivity index (χ1v) is 14.0. The lowest BCUT2D eigenvalue weighted by atomic mass is 9.97. The third kappa shape index (κ3) is 5.47. The van der Waals surface area contributed by atoms with Crippen LogP contribution >= 0.6 is 0 Å². The maximum absolute atomic E-state index is 13.3. The molecule has 1 amide bonds. The van der Waals surface area contributed by atoms with E-state index in [1.807, 2.05) is 65.6 Å². The van der Waals surface area contributed by atoms with E-state index in [4.69, 9.17) is 9.97 Å². The van der Waals surface area contributed by atoms with Gasteiger partial charge in [0.05, 0.1) is 17.9 Å². The summed E-state index contributed by atoms with van der Waals surface area (Å²) >= 11 is 0. The molecule has 204 valence electrons. The number of amides is 1. The van der Waals surface area contributed by atoms with Gasteiger partial charge in [0.25, 0.3) is 0 Å². The molecule has 0 saturated carbocycles. The zero-order valence-electron chi connectivity index (χ0n) is 22.4. The Hall–Kier alpha value is -4.46. The summed E-state index contributed by atoms with van der Waals surface area (Å²) in [6.45, 7) is 2.58. The van der Waals surface area contributed by atoms with Crippen molar-refractivity contribution < 1.29 is 14.7 Å². The van der Waals surface area contributed by atoms with Gasteiger partial charge in [-0.2, -0.15) is 4.98 Å². The summed E-state index contributed by atoms with van der Waals surface area (Å²) in [6.07, 6.45) is 2.38. The molecule has 6 rings (SSSR count). The van der Waals surface area contributed by atoms with Crippen LogP contribution in [0.15, 0.2) is 78.9 Å². The van der Waals surface area contributed by atoms with Gasteiger partial charge in [-0.3, -0.25) is 9.59 Å². The Morgan fingerprint density at radius 1 is 0.850 bits per heavy atom. The molecular formula is C32H33N5O3. The number of carboxylic acids is 1. The minimum Gasteiger partial charge on any atom is -0.481 e. The number of benzene rings is 3. The lowest BCUT2D eigenvalue weighted by Crippen LogP contribution is -2.37. The van der Waals surface area contributed by atoms with Gasteiger partial charge in [0.2, 0.25) is 11.9 Å². The number of likely N-dealkylation sites (tertiary alicyclic amines) is 1. The normalized spacial score (nSPS) is 17.8. The molecule has 0 aliphatic carbocycles. The van der Waals surface area contributed by atoms with Crippen LogP contribution in [-0.4, -0.2) is 64.1 Å². The highest BCUT2D eigenvalue weighted by molar-refractivity contribution is 5.90. The number of hydrogen-bond donors (Lipinski definition) is 2. The Bertz CT molecular complexity index is 1520. The van der Waals surface area contributed by atoms with Crippen molar-refractivity contribution in [1.29, 1.82) is 0 Å². The minimum absolute atomic E-state index is 0.0556. The van der Waals surface area contributed by atoms with Crippen LogP contribution < -0.4 is 10.2 Å². The van der Waals surface area contributed by atoms with E-state index < -0.39 is 5.97 Å². The number of nitrogens with one attached hydrogen (secondary N) is 1. The van der Waals surface area contributed by atoms with E-state index in [0.717, 1.165) is 39.8 Å². The van der Waals surface area contributed by atoms with Gasteiger partial charge in [0.15, 0.2) is 0 Å². The fourth-order valence-corrected chi connectivity index (χ4v) is 5.84. The van der Waals surface area contributed by atoms with Crippen LogP contribution in [0.5, 0.6) is 0 Å². The molecule has 2 aliphatic heterocycles. The van der Waals surface area contributed by atoms with Crippen molar-refractivity contribution in [2.75, 3.05) is 36.4 Å². The van der Waals surface area contributed by atoms with Gasteiger partial charge in [0, 0.05) is 37.6 Å². The first kappa shape index (κ1) is 25.8. The standard InChI is InChI=1S/C32H33N5O3/c38-29(20-24-10-4-5-11-26(24)22-8-2-1-3-9-22)37-19-16-25(21-37)33-32-34-28-13-7-6-12-27(28)30(35-32)36-17-14-23(15-18-36)31(39)40/h1-13,23,25H,14-21H2,(H,39,40)(H,33,34,35)/t25-/m0/s1. The van der Waals surface area contributed by atoms with Gasteiger partial charge >= 0.3 is 5.97 Å². The highest BCUT2D eigenvalue weighted by Crippen LogP contribution is 2.30. The number of aliphatic carboxylic acids is 1. The Balaban J connectivity index is 1.15. The molecule has 2 N–H and O–H groups in total. The average molecular weight is 536 g/mol. The number of anilines is 2. The van der Waals surface area contributed by atoms with E-state index in [1.165, 1.54) is 0 Å². The molecule has 8 heteroatoms. The number of nitrogens with zero attached hydrogens (tertiary/aromatic N) is 4. The number of hydrogen-bond acceptors (Lipinski definition) is 6. The van der Waals surface area contributed by atoms with E-state index in [0.29, 0.717) is 51.4 Å². The van der Waals surface area contributed by atoms with Crippen LogP contribution in [0.25, 0.3) is 22.0 Å². The van der Waals surface area contributed by atoms with Gasteiger partial charge in [-0.25, -0.2) is 4.98 Å². The van der Waals surface area contributed by atoms with Gasteiger partial charge in [-0.05, 0) is 48.1 Å². The molecule has 2 saturated heterocycles. The monoisotopic (exact) mass is 535 g/mol. The first-order chi connectivity index (χ1) is 19.5. The average Bonchev–Trinajstić information content (AvgIpc) is 3.46. The minimum atomic E-state index is -0.724. The summed E-state index contributed by atoms with van der Waals surface area (Å²) < 4.78 is 0. The molecule has 0 unspecified atom stereocenters. The molecule has 0 spiro atoms. The Morgan fingerprint density at radius 2 is 1.57 bits per heavy atom. The van der Waals surface area contributed by atoms with Crippen molar-refractivity contribution in [2.45, 2.75) is 31.7 Å². The Labute approximate surface area is 233 Å². The highest BCUT2D eigenvalue weighted by Gasteiger charge is 2.29. The predicted molar refractivity (Wildman–Crippen MR) is 156 cm³/mol. The molecule has 0 bridgehead atoms. The van der Waals surface area contributed by atoms with Crippen molar-refractivity contribution in [3.63, 3.8) is 0 Å². The quantitative estimate of drug-likeness (QED) is 0.349. The smallest absolute Gasteiger partial charge is 0.306 e. The molecule has 8 nitrogen and oxygen atoms in total. The second-order valence-electron chi connectivity index (χ2n) is 10.7. The van der Waals surface area contributed by atoms with Crippen LogP contribution in [0.1, 0.15) is 24.8 Å². The van der Waals surface area contributed by atoms with E-state index >= 15 is 0 Å². The third-order valence-corrected chi connectivity index (χ3v) is 8.04. The molecular weight excluding hydrogens is 502 g/mol. The summed E-state index contributed by atoms with van der Waals surface area (Å²) in [4.78, 5) is 38.5. The zero-order chi connectivity index (χ0) is 27.5. The van der Waals surface area contributed by atoms with E-state index in [1.54, 1.807) is 0 Å². The summed E-state index contributed by atoms with van der Waals surface area (Å²) in [5.41, 5.74) is 4.08. The number of rotatable bonds is 7. The van der Waals surface area contributed by atoms with Crippen molar-refractivity contribution in [3.8, 4) is 11.1 Å². The number of carboxylic acid groups (broad SMARTS) is 1. The summed E-state index contributed by atoms with van der Waals surface area (Å²) in [5, 5.41) is 13.8. The molecule has 3 aromatic carbocycles. The fourth-order valence-electron chi connectivity index (χ4n) is 5.84. The van der Waals surface area contributed by atoms with Crippen molar-refractivity contribution in [1.82, 2.24) is 14.9 Å². The molecule has 1 aromatic heterocycles. The molecule has 40 heavy (non-hydrogen) atoms. The molecule has 1 atom stereocenters. The molecule has 4 aromatic rings. The molecule has 2 fully saturated rings. The van der Waals surface area contributed by atoms with Crippen LogP contribution in [0.2, 0.25) is 0 Å². The number of carbonyl (C=O) groups excluding carboxylic acids is 1. The number of piperidine rings is 1. The highest BCUT2D eigenvalue weighted by atomic mass is 16.4. The van der Waals surface area contributed by atoms with Gasteiger partial charge in [-0.15, -0.1) is 0 Å². The number of carbonyl (C=O) groups is 2. The number of fused-ring (bicyclic) bond motifs is 1. The largest absolute Gasteiger partial charge is 0.481 e. The molecule has 3 heterocycles. The van der Waals surface area contributed by atoms with E-state index in [-0.39, 0.29) is 17.9 Å². The fraction of sp³-hybridized carbons (Fsp3) is 0.312. The first-order valence-electron chi connectivity index (χ1n) is 14.0. The number of para-hydroxylation sites is 1. The lowest BCUT2D eigenvalue weighted by Gasteiger charge is -2.32. The van der Waals surface area contributed by atoms with Crippen LogP contribution in [0.4, 0.5) is 11.8 Å². The third-order valence-electron chi connectivity index (χ3n) is 8.04. The molecule has 2 aliphatic rings. The lowest BCUT2D eigenvalue weighted by molar-refractivity contribution is -0.142. The van der Waals surface area contributed by atoms with Crippen LogP contribution in [0.3, 0.4) is 0 Å². The second kappa shape index (κ2) is 11.3. The number of aromatic nitrogens is 2. The Morgan fingerprint density at radius 3 is 2.38 bits per heavy atom. The zero-order valence-corrected chi connectivity index (χ0v) is 22.4. The summed E-state index contributed by atoms with van der Waals surface area (Å²) in [5.74, 6) is 0.472. The summed E-state index contributed by atoms with van der Waals surface area (Å²) in [7, 11) is 0. The van der Waals surface area contributed by atoms with Crippen molar-refractivity contribution in [3.05, 3.63) is 84.4 Å². The van der Waals surface area contributed by atoms with Gasteiger partial charge < -0.3 is 20.2 Å².